The zero-order valence-electron chi connectivity index (χ0n) is 16.2. The van der Waals surface area contributed by atoms with Gasteiger partial charge in [-0.05, 0) is 62.4 Å². The van der Waals surface area contributed by atoms with E-state index < -0.39 is 0 Å². The third-order valence-corrected chi connectivity index (χ3v) is 5.16. The standard InChI is InChI=1S/C21H22BrClN4O2/c1-3-26(4-2)17-8-6-16(7-9-17)24-21(28)19-11-12-27(25-19)14-29-20-10-5-15(22)13-18(20)23/h5-13H,3-4,14H2,1-2H3,(H,24,28). The van der Waals surface area contributed by atoms with E-state index in [0.29, 0.717) is 16.5 Å². The first-order valence-corrected chi connectivity index (χ1v) is 10.4. The lowest BCUT2D eigenvalue weighted by molar-refractivity contribution is 0.102. The van der Waals surface area contributed by atoms with Gasteiger partial charge in [-0.15, -0.1) is 0 Å². The number of anilines is 2. The molecule has 1 amide bonds. The molecule has 0 radical (unpaired) electrons. The molecule has 0 spiro atoms. The molecule has 2 aromatic carbocycles. The van der Waals surface area contributed by atoms with Gasteiger partial charge in [0.05, 0.1) is 5.02 Å². The van der Waals surface area contributed by atoms with Crippen LogP contribution < -0.4 is 15.0 Å². The zero-order chi connectivity index (χ0) is 20.8. The molecule has 152 valence electrons. The van der Waals surface area contributed by atoms with Gasteiger partial charge in [-0.2, -0.15) is 5.10 Å². The third-order valence-electron chi connectivity index (χ3n) is 4.37. The number of rotatable bonds is 8. The first-order valence-electron chi connectivity index (χ1n) is 9.27. The minimum atomic E-state index is -0.277. The van der Waals surface area contributed by atoms with Crippen molar-refractivity contribution >= 4 is 44.8 Å². The zero-order valence-corrected chi connectivity index (χ0v) is 18.6. The molecule has 1 heterocycles. The number of benzene rings is 2. The Kier molecular flexibility index (Phi) is 7.17. The summed E-state index contributed by atoms with van der Waals surface area (Å²) < 4.78 is 8.07. The summed E-state index contributed by atoms with van der Waals surface area (Å²) >= 11 is 9.49. The molecule has 0 saturated carbocycles. The van der Waals surface area contributed by atoms with E-state index in [0.717, 1.165) is 28.9 Å². The van der Waals surface area contributed by atoms with Crippen molar-refractivity contribution in [2.75, 3.05) is 23.3 Å². The molecular formula is C21H22BrClN4O2. The lowest BCUT2D eigenvalue weighted by Gasteiger charge is -2.21. The molecule has 0 aliphatic carbocycles. The van der Waals surface area contributed by atoms with Crippen molar-refractivity contribution in [2.45, 2.75) is 20.6 Å². The maximum Gasteiger partial charge on any atom is 0.276 e. The number of carbonyl (C=O) groups is 1. The van der Waals surface area contributed by atoms with Crippen molar-refractivity contribution in [3.8, 4) is 5.75 Å². The summed E-state index contributed by atoms with van der Waals surface area (Å²) in [6, 6.07) is 14.8. The number of carbonyl (C=O) groups excluding carboxylic acids is 1. The van der Waals surface area contributed by atoms with Crippen LogP contribution in [0.15, 0.2) is 59.2 Å². The Balaban J connectivity index is 1.59. The summed E-state index contributed by atoms with van der Waals surface area (Å²) in [5.41, 5.74) is 2.16. The van der Waals surface area contributed by atoms with Crippen LogP contribution in [0.25, 0.3) is 0 Å². The van der Waals surface area contributed by atoms with Crippen LogP contribution >= 0.6 is 27.5 Å². The Morgan fingerprint density at radius 1 is 1.17 bits per heavy atom. The second-order valence-corrected chi connectivity index (χ2v) is 7.58. The van der Waals surface area contributed by atoms with Gasteiger partial charge in [0.25, 0.3) is 5.91 Å². The third kappa shape index (κ3) is 5.52. The summed E-state index contributed by atoms with van der Waals surface area (Å²) in [6.45, 7) is 6.25. The van der Waals surface area contributed by atoms with E-state index in [9.17, 15) is 4.79 Å². The molecule has 1 aromatic heterocycles. The Morgan fingerprint density at radius 2 is 1.90 bits per heavy atom. The number of nitrogens with one attached hydrogen (secondary N) is 1. The number of amides is 1. The number of halogens is 2. The maximum absolute atomic E-state index is 12.5. The van der Waals surface area contributed by atoms with E-state index >= 15 is 0 Å². The average molecular weight is 478 g/mol. The molecular weight excluding hydrogens is 456 g/mol. The number of nitrogens with zero attached hydrogens (tertiary/aromatic N) is 3. The van der Waals surface area contributed by atoms with Gasteiger partial charge in [-0.25, -0.2) is 4.68 Å². The Hall–Kier alpha value is -2.51. The highest BCUT2D eigenvalue weighted by molar-refractivity contribution is 9.10. The molecule has 0 unspecified atom stereocenters. The number of ether oxygens (including phenoxy) is 1. The molecule has 8 heteroatoms. The number of hydrogen-bond donors (Lipinski definition) is 1. The molecule has 29 heavy (non-hydrogen) atoms. The largest absolute Gasteiger partial charge is 0.470 e. The van der Waals surface area contributed by atoms with Gasteiger partial charge in [-0.1, -0.05) is 27.5 Å². The van der Waals surface area contributed by atoms with E-state index in [1.807, 2.05) is 30.3 Å². The number of hydrogen-bond acceptors (Lipinski definition) is 4. The summed E-state index contributed by atoms with van der Waals surface area (Å²) in [6.07, 6.45) is 1.69. The fourth-order valence-electron chi connectivity index (χ4n) is 2.82. The lowest BCUT2D eigenvalue weighted by Crippen LogP contribution is -2.21. The van der Waals surface area contributed by atoms with Gasteiger partial charge in [0.1, 0.15) is 5.75 Å². The van der Waals surface area contributed by atoms with Crippen molar-refractivity contribution in [2.24, 2.45) is 0 Å². The van der Waals surface area contributed by atoms with Crippen LogP contribution in [0.5, 0.6) is 5.75 Å². The molecule has 6 nitrogen and oxygen atoms in total. The summed E-state index contributed by atoms with van der Waals surface area (Å²) in [5.74, 6) is 0.269. The summed E-state index contributed by atoms with van der Waals surface area (Å²) in [7, 11) is 0. The predicted octanol–water partition coefficient (Wildman–Crippen LogP) is 5.43. The Bertz CT molecular complexity index is 971. The monoisotopic (exact) mass is 476 g/mol. The normalized spacial score (nSPS) is 10.6. The van der Waals surface area contributed by atoms with Gasteiger partial charge in [0, 0.05) is 35.1 Å². The molecule has 3 rings (SSSR count). The van der Waals surface area contributed by atoms with E-state index in [1.54, 1.807) is 24.4 Å². The summed E-state index contributed by atoms with van der Waals surface area (Å²) in [4.78, 5) is 14.7. The topological polar surface area (TPSA) is 59.4 Å². The first kappa shape index (κ1) is 21.2. The van der Waals surface area contributed by atoms with Gasteiger partial charge in [-0.3, -0.25) is 4.79 Å². The molecule has 0 bridgehead atoms. The SMILES string of the molecule is CCN(CC)c1ccc(NC(=O)c2ccn(COc3ccc(Br)cc3Cl)n2)cc1. The molecule has 0 atom stereocenters. The van der Waals surface area contributed by atoms with Gasteiger partial charge < -0.3 is 15.0 Å². The highest BCUT2D eigenvalue weighted by atomic mass is 79.9. The van der Waals surface area contributed by atoms with Crippen molar-refractivity contribution in [1.29, 1.82) is 0 Å². The highest BCUT2D eigenvalue weighted by Gasteiger charge is 2.11. The predicted molar refractivity (Wildman–Crippen MR) is 120 cm³/mol. The van der Waals surface area contributed by atoms with Crippen LogP contribution in [-0.2, 0) is 6.73 Å². The molecule has 0 aliphatic heterocycles. The van der Waals surface area contributed by atoms with Crippen molar-refractivity contribution in [3.63, 3.8) is 0 Å². The van der Waals surface area contributed by atoms with Gasteiger partial charge in [0.15, 0.2) is 12.4 Å². The molecule has 3 aromatic rings. The van der Waals surface area contributed by atoms with Crippen molar-refractivity contribution in [1.82, 2.24) is 9.78 Å². The van der Waals surface area contributed by atoms with E-state index in [-0.39, 0.29) is 12.6 Å². The molecule has 0 aliphatic rings. The van der Waals surface area contributed by atoms with E-state index in [2.05, 4.69) is 45.1 Å². The maximum atomic E-state index is 12.5. The fraction of sp³-hybridized carbons (Fsp3) is 0.238. The lowest BCUT2D eigenvalue weighted by atomic mass is 10.2. The minimum absolute atomic E-state index is 0.146. The van der Waals surface area contributed by atoms with Crippen LogP contribution in [0.3, 0.4) is 0 Å². The van der Waals surface area contributed by atoms with Crippen LogP contribution in [0.4, 0.5) is 11.4 Å². The quantitative estimate of drug-likeness (QED) is 0.470. The van der Waals surface area contributed by atoms with Crippen molar-refractivity contribution in [3.05, 3.63) is 69.9 Å². The smallest absolute Gasteiger partial charge is 0.276 e. The minimum Gasteiger partial charge on any atom is -0.470 e. The van der Waals surface area contributed by atoms with Crippen LogP contribution in [0, 0.1) is 0 Å². The second kappa shape index (κ2) is 9.80. The Labute approximate surface area is 183 Å². The van der Waals surface area contributed by atoms with Crippen LogP contribution in [0.2, 0.25) is 5.02 Å². The average Bonchev–Trinajstić information content (AvgIpc) is 3.19. The summed E-state index contributed by atoms with van der Waals surface area (Å²) in [5, 5.41) is 7.62. The van der Waals surface area contributed by atoms with Crippen LogP contribution in [0.1, 0.15) is 24.3 Å². The van der Waals surface area contributed by atoms with Crippen molar-refractivity contribution < 1.29 is 9.53 Å². The van der Waals surface area contributed by atoms with Gasteiger partial charge in [0.2, 0.25) is 0 Å². The fourth-order valence-corrected chi connectivity index (χ4v) is 3.55. The molecule has 1 N–H and O–H groups in total. The Morgan fingerprint density at radius 3 is 2.55 bits per heavy atom. The van der Waals surface area contributed by atoms with E-state index in [1.165, 1.54) is 4.68 Å². The molecule has 0 saturated heterocycles. The second-order valence-electron chi connectivity index (χ2n) is 6.26. The molecule has 0 fully saturated rings. The highest BCUT2D eigenvalue weighted by Crippen LogP contribution is 2.27. The van der Waals surface area contributed by atoms with E-state index in [4.69, 9.17) is 16.3 Å². The van der Waals surface area contributed by atoms with Gasteiger partial charge >= 0.3 is 0 Å². The van der Waals surface area contributed by atoms with Crippen LogP contribution in [-0.4, -0.2) is 28.8 Å². The number of aromatic nitrogens is 2. The first-order chi connectivity index (χ1) is 14.0.